The predicted octanol–water partition coefficient (Wildman–Crippen LogP) is 3.93. The van der Waals surface area contributed by atoms with E-state index < -0.39 is 0 Å². The van der Waals surface area contributed by atoms with Gasteiger partial charge in [0.2, 0.25) is 0 Å². The third-order valence-corrected chi connectivity index (χ3v) is 4.72. The van der Waals surface area contributed by atoms with Gasteiger partial charge in [0.1, 0.15) is 17.6 Å². The third kappa shape index (κ3) is 2.58. The Morgan fingerprint density at radius 3 is 2.92 bits per heavy atom. The number of benzene rings is 2. The van der Waals surface area contributed by atoms with Gasteiger partial charge in [0.25, 0.3) is 5.91 Å². The first-order chi connectivity index (χ1) is 12.1. The average Bonchev–Trinajstić information content (AvgIpc) is 3.07. The highest BCUT2D eigenvalue weighted by atomic mass is 16.5. The van der Waals surface area contributed by atoms with Crippen molar-refractivity contribution in [3.05, 3.63) is 53.1 Å². The van der Waals surface area contributed by atoms with Gasteiger partial charge in [0, 0.05) is 35.7 Å². The van der Waals surface area contributed by atoms with Crippen molar-refractivity contribution in [3.8, 4) is 11.5 Å². The van der Waals surface area contributed by atoms with Crippen LogP contribution in [0.4, 0.5) is 5.69 Å². The van der Waals surface area contributed by atoms with Gasteiger partial charge >= 0.3 is 0 Å². The van der Waals surface area contributed by atoms with Crippen LogP contribution in [0, 0.1) is 0 Å². The first kappa shape index (κ1) is 15.8. The SMILES string of the molecule is CCOc1cc2c(cc1/C=C1\C(=O)N(C)c3ccccc31)O[C@H](C)C2. The molecule has 0 bridgehead atoms. The minimum absolute atomic E-state index is 0.00145. The molecule has 0 fully saturated rings. The number of amides is 1. The van der Waals surface area contributed by atoms with Gasteiger partial charge in [-0.3, -0.25) is 4.79 Å². The van der Waals surface area contributed by atoms with Crippen LogP contribution < -0.4 is 14.4 Å². The van der Waals surface area contributed by atoms with Crippen molar-refractivity contribution >= 4 is 23.2 Å². The van der Waals surface area contributed by atoms with Crippen LogP contribution in [0.25, 0.3) is 11.6 Å². The molecule has 0 aliphatic carbocycles. The van der Waals surface area contributed by atoms with Crippen molar-refractivity contribution in [3.63, 3.8) is 0 Å². The number of likely N-dealkylation sites (N-methyl/N-ethyl adjacent to an activating group) is 1. The van der Waals surface area contributed by atoms with Crippen LogP contribution in [0.2, 0.25) is 0 Å². The van der Waals surface area contributed by atoms with E-state index in [4.69, 9.17) is 9.47 Å². The van der Waals surface area contributed by atoms with Crippen molar-refractivity contribution in [2.75, 3.05) is 18.6 Å². The van der Waals surface area contributed by atoms with Gasteiger partial charge in [-0.2, -0.15) is 0 Å². The maximum absolute atomic E-state index is 12.7. The Hall–Kier alpha value is -2.75. The maximum atomic E-state index is 12.7. The quantitative estimate of drug-likeness (QED) is 0.798. The molecule has 4 rings (SSSR count). The number of ether oxygens (including phenoxy) is 2. The normalized spacial score (nSPS) is 19.8. The van der Waals surface area contributed by atoms with Crippen LogP contribution in [0.1, 0.15) is 30.5 Å². The molecular formula is C21H21NO3. The molecule has 2 heterocycles. The van der Waals surface area contributed by atoms with Gasteiger partial charge in [0.15, 0.2) is 0 Å². The summed E-state index contributed by atoms with van der Waals surface area (Å²) < 4.78 is 11.7. The van der Waals surface area contributed by atoms with Crippen molar-refractivity contribution in [1.82, 2.24) is 0 Å². The number of carbonyl (C=O) groups is 1. The number of rotatable bonds is 3. The first-order valence-corrected chi connectivity index (χ1v) is 8.64. The van der Waals surface area contributed by atoms with Crippen LogP contribution in [0.5, 0.6) is 11.5 Å². The van der Waals surface area contributed by atoms with Crippen molar-refractivity contribution in [1.29, 1.82) is 0 Å². The maximum Gasteiger partial charge on any atom is 0.258 e. The number of anilines is 1. The zero-order chi connectivity index (χ0) is 17.6. The van der Waals surface area contributed by atoms with Gasteiger partial charge in [0.05, 0.1) is 12.3 Å². The molecule has 0 radical (unpaired) electrons. The van der Waals surface area contributed by atoms with E-state index in [-0.39, 0.29) is 12.0 Å². The minimum atomic E-state index is -0.00145. The molecular weight excluding hydrogens is 314 g/mol. The third-order valence-electron chi connectivity index (χ3n) is 4.72. The molecule has 4 nitrogen and oxygen atoms in total. The van der Waals surface area contributed by atoms with Gasteiger partial charge in [-0.1, -0.05) is 18.2 Å². The molecule has 2 aliphatic heterocycles. The lowest BCUT2D eigenvalue weighted by atomic mass is 10.0. The van der Waals surface area contributed by atoms with E-state index in [9.17, 15) is 4.79 Å². The Morgan fingerprint density at radius 1 is 1.32 bits per heavy atom. The number of para-hydroxylation sites is 1. The Balaban J connectivity index is 1.84. The highest BCUT2D eigenvalue weighted by Gasteiger charge is 2.30. The lowest BCUT2D eigenvalue weighted by molar-refractivity contribution is -0.112. The topological polar surface area (TPSA) is 38.8 Å². The van der Waals surface area contributed by atoms with E-state index in [0.29, 0.717) is 12.2 Å². The molecule has 0 N–H and O–H groups in total. The second-order valence-corrected chi connectivity index (χ2v) is 6.50. The zero-order valence-corrected chi connectivity index (χ0v) is 14.7. The Morgan fingerprint density at radius 2 is 2.12 bits per heavy atom. The average molecular weight is 335 g/mol. The molecule has 1 amide bonds. The highest BCUT2D eigenvalue weighted by molar-refractivity contribution is 6.35. The van der Waals surface area contributed by atoms with Crippen LogP contribution >= 0.6 is 0 Å². The second-order valence-electron chi connectivity index (χ2n) is 6.50. The molecule has 2 aromatic carbocycles. The Labute approximate surface area is 147 Å². The summed E-state index contributed by atoms with van der Waals surface area (Å²) in [6.45, 7) is 4.60. The van der Waals surface area contributed by atoms with E-state index >= 15 is 0 Å². The molecule has 0 saturated heterocycles. The van der Waals surface area contributed by atoms with E-state index in [2.05, 4.69) is 6.92 Å². The number of hydrogen-bond acceptors (Lipinski definition) is 3. The largest absolute Gasteiger partial charge is 0.493 e. The molecule has 128 valence electrons. The lowest BCUT2D eigenvalue weighted by Crippen LogP contribution is -2.20. The fourth-order valence-corrected chi connectivity index (χ4v) is 3.54. The highest BCUT2D eigenvalue weighted by Crippen LogP contribution is 2.40. The minimum Gasteiger partial charge on any atom is -0.493 e. The van der Waals surface area contributed by atoms with Gasteiger partial charge in [-0.05, 0) is 38.1 Å². The fraction of sp³-hybridized carbons (Fsp3) is 0.286. The summed E-state index contributed by atoms with van der Waals surface area (Å²) >= 11 is 0. The zero-order valence-electron chi connectivity index (χ0n) is 14.7. The second kappa shape index (κ2) is 5.96. The summed E-state index contributed by atoms with van der Waals surface area (Å²) in [5, 5.41) is 0. The van der Waals surface area contributed by atoms with Crippen molar-refractivity contribution in [2.45, 2.75) is 26.4 Å². The Bertz CT molecular complexity index is 885. The summed E-state index contributed by atoms with van der Waals surface area (Å²) in [5.74, 6) is 1.68. The van der Waals surface area contributed by atoms with E-state index in [1.807, 2.05) is 49.4 Å². The van der Waals surface area contributed by atoms with E-state index in [1.165, 1.54) is 0 Å². The smallest absolute Gasteiger partial charge is 0.258 e. The van der Waals surface area contributed by atoms with Gasteiger partial charge in [-0.15, -0.1) is 0 Å². The first-order valence-electron chi connectivity index (χ1n) is 8.64. The monoisotopic (exact) mass is 335 g/mol. The van der Waals surface area contributed by atoms with Crippen molar-refractivity contribution in [2.24, 2.45) is 0 Å². The van der Waals surface area contributed by atoms with Crippen molar-refractivity contribution < 1.29 is 14.3 Å². The lowest BCUT2D eigenvalue weighted by Gasteiger charge is -2.11. The van der Waals surface area contributed by atoms with Crippen LogP contribution in [0.15, 0.2) is 36.4 Å². The Kier molecular flexibility index (Phi) is 3.75. The molecule has 0 spiro atoms. The van der Waals surface area contributed by atoms with Crippen LogP contribution in [-0.2, 0) is 11.2 Å². The summed E-state index contributed by atoms with van der Waals surface area (Å²) in [6.07, 6.45) is 2.98. The summed E-state index contributed by atoms with van der Waals surface area (Å²) in [4.78, 5) is 14.4. The van der Waals surface area contributed by atoms with E-state index in [0.717, 1.165) is 40.3 Å². The number of fused-ring (bicyclic) bond motifs is 2. The molecule has 4 heteroatoms. The number of nitrogens with zero attached hydrogens (tertiary/aromatic N) is 1. The standard InChI is InChI=1S/C21H21NO3/c1-4-24-19-11-14-9-13(2)25-20(14)12-15(19)10-17-16-7-5-6-8-18(16)22(3)21(17)23/h5-8,10-13H,4,9H2,1-3H3/b17-10-/t13-/m1/s1. The molecule has 1 atom stereocenters. The summed E-state index contributed by atoms with van der Waals surface area (Å²) in [6, 6.07) is 11.9. The van der Waals surface area contributed by atoms with Gasteiger partial charge in [-0.25, -0.2) is 0 Å². The van der Waals surface area contributed by atoms with Gasteiger partial charge < -0.3 is 14.4 Å². The van der Waals surface area contributed by atoms with Crippen LogP contribution in [0.3, 0.4) is 0 Å². The summed E-state index contributed by atoms with van der Waals surface area (Å²) in [5.41, 5.74) is 4.61. The number of carbonyl (C=O) groups excluding carboxylic acids is 1. The molecule has 2 aliphatic rings. The molecule has 0 saturated carbocycles. The molecule has 0 aromatic heterocycles. The summed E-state index contributed by atoms with van der Waals surface area (Å²) in [7, 11) is 1.80. The van der Waals surface area contributed by atoms with E-state index in [1.54, 1.807) is 11.9 Å². The fourth-order valence-electron chi connectivity index (χ4n) is 3.54. The molecule has 2 aromatic rings. The number of hydrogen-bond donors (Lipinski definition) is 0. The predicted molar refractivity (Wildman–Crippen MR) is 99.1 cm³/mol. The molecule has 0 unspecified atom stereocenters. The van der Waals surface area contributed by atoms with Crippen LogP contribution in [-0.4, -0.2) is 25.7 Å². The molecule has 25 heavy (non-hydrogen) atoms.